The summed E-state index contributed by atoms with van der Waals surface area (Å²) < 4.78 is 0. The van der Waals surface area contributed by atoms with Crippen LogP contribution in [0, 0.1) is 11.3 Å². The second-order valence-electron chi connectivity index (χ2n) is 7.82. The molecule has 2 aliphatic heterocycles. The molecule has 3 atom stereocenters. The summed E-state index contributed by atoms with van der Waals surface area (Å²) in [6.07, 6.45) is 6.73. The first-order valence-corrected chi connectivity index (χ1v) is 9.21. The van der Waals surface area contributed by atoms with E-state index in [-0.39, 0.29) is 0 Å². The summed E-state index contributed by atoms with van der Waals surface area (Å²) in [5.41, 5.74) is 0.433. The first-order valence-electron chi connectivity index (χ1n) is 9.21. The molecule has 3 heteroatoms. The molecule has 124 valence electrons. The van der Waals surface area contributed by atoms with E-state index < -0.39 is 0 Å². The Labute approximate surface area is 132 Å². The van der Waals surface area contributed by atoms with Gasteiger partial charge in [0.15, 0.2) is 0 Å². The number of piperidine rings is 2. The van der Waals surface area contributed by atoms with Gasteiger partial charge in [-0.3, -0.25) is 0 Å². The van der Waals surface area contributed by atoms with E-state index in [1.54, 1.807) is 0 Å². The highest BCUT2D eigenvalue weighted by Gasteiger charge is 2.36. The molecular weight excluding hydrogens is 258 g/mol. The Balaban J connectivity index is 1.84. The second-order valence-corrected chi connectivity index (χ2v) is 7.82. The van der Waals surface area contributed by atoms with Gasteiger partial charge in [0.2, 0.25) is 0 Å². The molecule has 0 saturated carbocycles. The summed E-state index contributed by atoms with van der Waals surface area (Å²) in [6.45, 7) is 14.6. The first kappa shape index (κ1) is 17.2. The number of hydrogen-bond donors (Lipinski definition) is 1. The predicted octanol–water partition coefficient (Wildman–Crippen LogP) is 2.82. The van der Waals surface area contributed by atoms with Crippen molar-refractivity contribution in [2.45, 2.75) is 58.9 Å². The Morgan fingerprint density at radius 3 is 2.71 bits per heavy atom. The molecule has 0 aromatic heterocycles. The lowest BCUT2D eigenvalue weighted by Gasteiger charge is -2.47. The van der Waals surface area contributed by atoms with Gasteiger partial charge in [0.25, 0.3) is 0 Å². The van der Waals surface area contributed by atoms with Crippen LogP contribution in [0.25, 0.3) is 0 Å². The fraction of sp³-hybridized carbons (Fsp3) is 1.00. The Hall–Kier alpha value is -0.120. The van der Waals surface area contributed by atoms with Gasteiger partial charge in [-0.15, -0.1) is 0 Å². The SMILES string of the molecule is CCCNCC(C)(CC)CN1CCC2C(CCCN2C)C1. The Kier molecular flexibility index (Phi) is 6.51. The highest BCUT2D eigenvalue weighted by molar-refractivity contribution is 4.91. The van der Waals surface area contributed by atoms with Crippen LogP contribution < -0.4 is 5.32 Å². The van der Waals surface area contributed by atoms with Crippen LogP contribution in [0.3, 0.4) is 0 Å². The van der Waals surface area contributed by atoms with Crippen molar-refractivity contribution < 1.29 is 0 Å². The minimum atomic E-state index is 0.433. The number of nitrogens with zero attached hydrogens (tertiary/aromatic N) is 2. The topological polar surface area (TPSA) is 18.5 Å². The smallest absolute Gasteiger partial charge is 0.0145 e. The Morgan fingerprint density at radius 2 is 2.00 bits per heavy atom. The van der Waals surface area contributed by atoms with E-state index in [4.69, 9.17) is 0 Å². The zero-order valence-corrected chi connectivity index (χ0v) is 14.8. The van der Waals surface area contributed by atoms with Crippen LogP contribution in [0.4, 0.5) is 0 Å². The van der Waals surface area contributed by atoms with E-state index in [0.29, 0.717) is 5.41 Å². The largest absolute Gasteiger partial charge is 0.316 e. The maximum atomic E-state index is 3.64. The summed E-state index contributed by atoms with van der Waals surface area (Å²) in [6, 6.07) is 0.862. The number of hydrogen-bond acceptors (Lipinski definition) is 3. The third-order valence-corrected chi connectivity index (χ3v) is 5.87. The number of likely N-dealkylation sites (tertiary alicyclic amines) is 2. The average Bonchev–Trinajstić information content (AvgIpc) is 2.48. The van der Waals surface area contributed by atoms with Crippen molar-refractivity contribution in [3.8, 4) is 0 Å². The molecule has 0 spiro atoms. The van der Waals surface area contributed by atoms with Gasteiger partial charge < -0.3 is 15.1 Å². The van der Waals surface area contributed by atoms with Crippen molar-refractivity contribution in [2.24, 2.45) is 11.3 Å². The van der Waals surface area contributed by atoms with Gasteiger partial charge in [-0.05, 0) is 70.1 Å². The lowest BCUT2D eigenvalue weighted by Crippen LogP contribution is -2.54. The van der Waals surface area contributed by atoms with Crippen LogP contribution in [0.1, 0.15) is 52.9 Å². The lowest BCUT2D eigenvalue weighted by molar-refractivity contribution is 0.0209. The lowest BCUT2D eigenvalue weighted by atomic mass is 9.81. The molecule has 0 amide bonds. The van der Waals surface area contributed by atoms with Crippen LogP contribution in [-0.4, -0.2) is 62.2 Å². The third-order valence-electron chi connectivity index (χ3n) is 5.87. The van der Waals surface area contributed by atoms with Crippen molar-refractivity contribution in [2.75, 3.05) is 46.3 Å². The minimum absolute atomic E-state index is 0.433. The van der Waals surface area contributed by atoms with Crippen LogP contribution in [-0.2, 0) is 0 Å². The number of nitrogens with one attached hydrogen (secondary N) is 1. The monoisotopic (exact) mass is 295 g/mol. The van der Waals surface area contributed by atoms with E-state index in [9.17, 15) is 0 Å². The molecule has 2 fully saturated rings. The fourth-order valence-corrected chi connectivity index (χ4v) is 4.27. The van der Waals surface area contributed by atoms with Crippen molar-refractivity contribution in [1.82, 2.24) is 15.1 Å². The summed E-state index contributed by atoms with van der Waals surface area (Å²) in [5, 5.41) is 3.64. The van der Waals surface area contributed by atoms with Crippen molar-refractivity contribution in [3.63, 3.8) is 0 Å². The summed E-state index contributed by atoms with van der Waals surface area (Å²) in [7, 11) is 2.33. The van der Waals surface area contributed by atoms with Crippen molar-refractivity contribution in [1.29, 1.82) is 0 Å². The molecule has 2 aliphatic rings. The standard InChI is InChI=1S/C18H37N3/c1-5-10-19-14-18(3,6-2)15-21-12-9-17-16(13-21)8-7-11-20(17)4/h16-17,19H,5-15H2,1-4H3. The maximum Gasteiger partial charge on any atom is 0.0145 e. The third kappa shape index (κ3) is 4.67. The van der Waals surface area contributed by atoms with Gasteiger partial charge in [0.05, 0.1) is 0 Å². The van der Waals surface area contributed by atoms with Crippen molar-refractivity contribution in [3.05, 3.63) is 0 Å². The molecule has 0 aromatic carbocycles. The molecule has 1 N–H and O–H groups in total. The molecule has 2 heterocycles. The van der Waals surface area contributed by atoms with E-state index in [2.05, 4.69) is 42.9 Å². The summed E-state index contributed by atoms with van der Waals surface area (Å²) in [4.78, 5) is 5.38. The molecule has 2 rings (SSSR count). The normalized spacial score (nSPS) is 30.9. The average molecular weight is 296 g/mol. The van der Waals surface area contributed by atoms with Crippen LogP contribution in [0.15, 0.2) is 0 Å². The van der Waals surface area contributed by atoms with E-state index in [0.717, 1.165) is 18.5 Å². The highest BCUT2D eigenvalue weighted by atomic mass is 15.2. The molecular formula is C18H37N3. The van der Waals surface area contributed by atoms with Gasteiger partial charge in [-0.2, -0.15) is 0 Å². The predicted molar refractivity (Wildman–Crippen MR) is 91.8 cm³/mol. The first-order chi connectivity index (χ1) is 10.1. The number of rotatable bonds is 7. The van der Waals surface area contributed by atoms with Crippen LogP contribution >= 0.6 is 0 Å². The zero-order valence-electron chi connectivity index (χ0n) is 14.8. The minimum Gasteiger partial charge on any atom is -0.316 e. The van der Waals surface area contributed by atoms with Crippen molar-refractivity contribution >= 4 is 0 Å². The molecule has 2 saturated heterocycles. The van der Waals surface area contributed by atoms with E-state index >= 15 is 0 Å². The summed E-state index contributed by atoms with van der Waals surface area (Å²) in [5.74, 6) is 0.919. The maximum absolute atomic E-state index is 3.64. The quantitative estimate of drug-likeness (QED) is 0.729. The molecule has 0 aromatic rings. The van der Waals surface area contributed by atoms with Crippen LogP contribution in [0.2, 0.25) is 0 Å². The molecule has 3 unspecified atom stereocenters. The molecule has 0 bridgehead atoms. The molecule has 0 aliphatic carbocycles. The fourth-order valence-electron chi connectivity index (χ4n) is 4.27. The van der Waals surface area contributed by atoms with Gasteiger partial charge in [-0.25, -0.2) is 0 Å². The van der Waals surface area contributed by atoms with Gasteiger partial charge >= 0.3 is 0 Å². The van der Waals surface area contributed by atoms with Gasteiger partial charge in [-0.1, -0.05) is 20.8 Å². The zero-order chi connectivity index (χ0) is 15.3. The molecule has 3 nitrogen and oxygen atoms in total. The number of fused-ring (bicyclic) bond motifs is 1. The van der Waals surface area contributed by atoms with Crippen LogP contribution in [0.5, 0.6) is 0 Å². The summed E-state index contributed by atoms with van der Waals surface area (Å²) >= 11 is 0. The Bertz CT molecular complexity index is 307. The van der Waals surface area contributed by atoms with E-state index in [1.807, 2.05) is 0 Å². The second kappa shape index (κ2) is 7.94. The molecule has 0 radical (unpaired) electrons. The molecule has 21 heavy (non-hydrogen) atoms. The van der Waals surface area contributed by atoms with Gasteiger partial charge in [0, 0.05) is 25.7 Å². The Morgan fingerprint density at radius 1 is 1.19 bits per heavy atom. The highest BCUT2D eigenvalue weighted by Crippen LogP contribution is 2.31. The van der Waals surface area contributed by atoms with E-state index in [1.165, 1.54) is 64.8 Å². The van der Waals surface area contributed by atoms with Gasteiger partial charge in [0.1, 0.15) is 0 Å².